The second kappa shape index (κ2) is 9.78. The maximum Gasteiger partial charge on any atom is 0.248 e. The van der Waals surface area contributed by atoms with Crippen molar-refractivity contribution in [3.8, 4) is 5.75 Å². The van der Waals surface area contributed by atoms with Crippen molar-refractivity contribution in [1.82, 2.24) is 4.31 Å². The predicted molar refractivity (Wildman–Crippen MR) is 126 cm³/mol. The molecule has 174 valence electrons. The first-order chi connectivity index (χ1) is 15.9. The Balaban J connectivity index is 1.58. The molecule has 1 aromatic heterocycles. The van der Waals surface area contributed by atoms with Gasteiger partial charge in [0.25, 0.3) is 0 Å². The van der Waals surface area contributed by atoms with Gasteiger partial charge in [-0.05, 0) is 30.3 Å². The third kappa shape index (κ3) is 4.80. The molecule has 1 aliphatic heterocycles. The van der Waals surface area contributed by atoms with Gasteiger partial charge in [-0.2, -0.15) is 4.31 Å². The van der Waals surface area contributed by atoms with Gasteiger partial charge in [-0.25, -0.2) is 8.42 Å². The van der Waals surface area contributed by atoms with Crippen molar-refractivity contribution in [1.29, 1.82) is 0 Å². The second-order valence-electron chi connectivity index (χ2n) is 7.49. The molecular formula is C24H26N2O6S. The van der Waals surface area contributed by atoms with Crippen LogP contribution in [0.25, 0.3) is 17.0 Å². The summed E-state index contributed by atoms with van der Waals surface area (Å²) in [5, 5.41) is 3.66. The van der Waals surface area contributed by atoms with Crippen LogP contribution in [0.1, 0.15) is 18.2 Å². The number of morpholine rings is 1. The van der Waals surface area contributed by atoms with E-state index in [0.717, 1.165) is 22.3 Å². The maximum atomic E-state index is 13.0. The Morgan fingerprint density at radius 2 is 1.94 bits per heavy atom. The number of ether oxygens (including phenoxy) is 2. The molecule has 3 aromatic rings. The molecule has 1 N–H and O–H groups in total. The molecule has 9 heteroatoms. The van der Waals surface area contributed by atoms with Crippen LogP contribution in [-0.2, 0) is 26.0 Å². The fourth-order valence-electron chi connectivity index (χ4n) is 3.78. The van der Waals surface area contributed by atoms with Gasteiger partial charge in [-0.1, -0.05) is 25.1 Å². The van der Waals surface area contributed by atoms with Gasteiger partial charge >= 0.3 is 0 Å². The zero-order chi connectivity index (χ0) is 23.4. The van der Waals surface area contributed by atoms with Gasteiger partial charge in [-0.3, -0.25) is 4.79 Å². The van der Waals surface area contributed by atoms with Crippen LogP contribution < -0.4 is 10.1 Å². The van der Waals surface area contributed by atoms with E-state index in [1.165, 1.54) is 35.7 Å². The molecule has 4 rings (SSSR count). The Morgan fingerprint density at radius 3 is 2.67 bits per heavy atom. The number of aryl methyl sites for hydroxylation is 1. The smallest absolute Gasteiger partial charge is 0.248 e. The molecule has 2 aromatic carbocycles. The third-order valence-corrected chi connectivity index (χ3v) is 7.36. The van der Waals surface area contributed by atoms with E-state index in [9.17, 15) is 13.2 Å². The normalized spacial score (nSPS) is 15.2. The van der Waals surface area contributed by atoms with Crippen molar-refractivity contribution >= 4 is 38.7 Å². The van der Waals surface area contributed by atoms with E-state index in [2.05, 4.69) is 5.32 Å². The van der Waals surface area contributed by atoms with Crippen LogP contribution in [0.2, 0.25) is 0 Å². The van der Waals surface area contributed by atoms with Gasteiger partial charge in [0.05, 0.1) is 30.9 Å². The monoisotopic (exact) mass is 470 g/mol. The number of hydrogen-bond acceptors (Lipinski definition) is 6. The minimum absolute atomic E-state index is 0.0820. The molecule has 0 unspecified atom stereocenters. The highest BCUT2D eigenvalue weighted by atomic mass is 32.2. The minimum atomic E-state index is -3.71. The van der Waals surface area contributed by atoms with Gasteiger partial charge in [0, 0.05) is 36.5 Å². The summed E-state index contributed by atoms with van der Waals surface area (Å²) in [5.74, 6) is 0.735. The van der Waals surface area contributed by atoms with Crippen molar-refractivity contribution in [2.75, 3.05) is 38.7 Å². The van der Waals surface area contributed by atoms with Crippen LogP contribution in [0, 0.1) is 0 Å². The number of hydrogen-bond donors (Lipinski definition) is 1. The predicted octanol–water partition coefficient (Wildman–Crippen LogP) is 3.68. The fourth-order valence-corrected chi connectivity index (χ4v) is 5.21. The molecule has 33 heavy (non-hydrogen) atoms. The number of amides is 1. The first-order valence-electron chi connectivity index (χ1n) is 10.7. The first kappa shape index (κ1) is 23.0. The number of rotatable bonds is 7. The third-order valence-electron chi connectivity index (χ3n) is 5.47. The van der Waals surface area contributed by atoms with Crippen molar-refractivity contribution in [2.24, 2.45) is 0 Å². The number of furan rings is 1. The van der Waals surface area contributed by atoms with Crippen LogP contribution in [0.3, 0.4) is 0 Å². The van der Waals surface area contributed by atoms with E-state index in [1.54, 1.807) is 6.08 Å². The molecule has 1 fully saturated rings. The Bertz CT molecular complexity index is 1290. The van der Waals surface area contributed by atoms with E-state index >= 15 is 0 Å². The molecular weight excluding hydrogens is 444 g/mol. The van der Waals surface area contributed by atoms with Gasteiger partial charge in [0.15, 0.2) is 0 Å². The SMILES string of the molecule is CCc1oc2ccccc2c1/C=C/C(=O)Nc1cc(S(=O)(=O)N2CCOCC2)ccc1OC. The summed E-state index contributed by atoms with van der Waals surface area (Å²) in [6.07, 6.45) is 3.80. The first-order valence-corrected chi connectivity index (χ1v) is 12.1. The standard InChI is InChI=1S/C24H26N2O6S/c1-3-21-19(18-6-4-5-7-22(18)32-21)9-11-24(27)25-20-16-17(8-10-23(20)30-2)33(28,29)26-12-14-31-15-13-26/h4-11,16H,3,12-15H2,1-2H3,(H,25,27)/b11-9+. The molecule has 8 nitrogen and oxygen atoms in total. The number of nitrogens with zero attached hydrogens (tertiary/aromatic N) is 1. The van der Waals surface area contributed by atoms with Gasteiger partial charge in [-0.15, -0.1) is 0 Å². The summed E-state index contributed by atoms with van der Waals surface area (Å²) < 4.78 is 43.8. The van der Waals surface area contributed by atoms with E-state index in [4.69, 9.17) is 13.9 Å². The topological polar surface area (TPSA) is 98.1 Å². The van der Waals surface area contributed by atoms with Crippen LogP contribution in [-0.4, -0.2) is 52.0 Å². The van der Waals surface area contributed by atoms with Crippen LogP contribution in [0.4, 0.5) is 5.69 Å². The maximum absolute atomic E-state index is 13.0. The van der Waals surface area contributed by atoms with Gasteiger partial charge < -0.3 is 19.2 Å². The van der Waals surface area contributed by atoms with Gasteiger partial charge in [0.2, 0.25) is 15.9 Å². The number of para-hydroxylation sites is 1. The fraction of sp³-hybridized carbons (Fsp3) is 0.292. The summed E-state index contributed by atoms with van der Waals surface area (Å²) in [6.45, 7) is 3.27. The largest absolute Gasteiger partial charge is 0.495 e. The Hall–Kier alpha value is -3.14. The molecule has 0 spiro atoms. The highest BCUT2D eigenvalue weighted by Crippen LogP contribution is 2.30. The van der Waals surface area contributed by atoms with E-state index < -0.39 is 15.9 Å². The average molecular weight is 471 g/mol. The second-order valence-corrected chi connectivity index (χ2v) is 9.43. The molecule has 1 saturated heterocycles. The minimum Gasteiger partial charge on any atom is -0.495 e. The van der Waals surface area contributed by atoms with E-state index in [1.807, 2.05) is 31.2 Å². The zero-order valence-electron chi connectivity index (χ0n) is 18.5. The number of methoxy groups -OCH3 is 1. The lowest BCUT2D eigenvalue weighted by atomic mass is 10.1. The van der Waals surface area contributed by atoms with Crippen LogP contribution in [0.15, 0.2) is 57.9 Å². The number of benzene rings is 2. The molecule has 0 bridgehead atoms. The summed E-state index contributed by atoms with van der Waals surface area (Å²) in [7, 11) is -2.25. The molecule has 1 amide bonds. The number of carbonyl (C=O) groups is 1. The molecule has 0 aliphatic carbocycles. The van der Waals surface area contributed by atoms with E-state index in [0.29, 0.717) is 25.4 Å². The number of carbonyl (C=O) groups excluding carboxylic acids is 1. The molecule has 2 heterocycles. The van der Waals surface area contributed by atoms with E-state index in [-0.39, 0.29) is 23.7 Å². The summed E-state index contributed by atoms with van der Waals surface area (Å²) >= 11 is 0. The number of anilines is 1. The average Bonchev–Trinajstić information content (AvgIpc) is 3.21. The lowest BCUT2D eigenvalue weighted by Gasteiger charge is -2.26. The lowest BCUT2D eigenvalue weighted by molar-refractivity contribution is -0.111. The van der Waals surface area contributed by atoms with Crippen molar-refractivity contribution in [2.45, 2.75) is 18.2 Å². The summed E-state index contributed by atoms with van der Waals surface area (Å²) in [6, 6.07) is 12.1. The number of sulfonamides is 1. The van der Waals surface area contributed by atoms with Crippen LogP contribution in [0.5, 0.6) is 5.75 Å². The van der Waals surface area contributed by atoms with Gasteiger partial charge in [0.1, 0.15) is 17.1 Å². The summed E-state index contributed by atoms with van der Waals surface area (Å²) in [5.41, 5.74) is 1.88. The molecule has 0 atom stereocenters. The Labute approximate surface area is 192 Å². The van der Waals surface area contributed by atoms with Crippen molar-refractivity contribution < 1.29 is 27.1 Å². The lowest BCUT2D eigenvalue weighted by Crippen LogP contribution is -2.40. The molecule has 0 saturated carbocycles. The zero-order valence-corrected chi connectivity index (χ0v) is 19.4. The number of fused-ring (bicyclic) bond motifs is 1. The highest BCUT2D eigenvalue weighted by Gasteiger charge is 2.27. The van der Waals surface area contributed by atoms with Crippen molar-refractivity contribution in [3.05, 3.63) is 59.9 Å². The Kier molecular flexibility index (Phi) is 6.83. The summed E-state index contributed by atoms with van der Waals surface area (Å²) in [4.78, 5) is 12.8. The Morgan fingerprint density at radius 1 is 1.18 bits per heavy atom. The number of nitrogens with one attached hydrogen (secondary N) is 1. The molecule has 0 radical (unpaired) electrons. The molecule has 1 aliphatic rings. The highest BCUT2D eigenvalue weighted by molar-refractivity contribution is 7.89. The van der Waals surface area contributed by atoms with Crippen molar-refractivity contribution in [3.63, 3.8) is 0 Å². The van der Waals surface area contributed by atoms with Crippen LogP contribution >= 0.6 is 0 Å². The quantitative estimate of drug-likeness (QED) is 0.529.